The Morgan fingerprint density at radius 3 is 2.88 bits per heavy atom. The van der Waals surface area contributed by atoms with Gasteiger partial charge in [-0.3, -0.25) is 0 Å². The minimum atomic E-state index is 1.08. The molecule has 17 heavy (non-hydrogen) atoms. The average molecular weight is 325 g/mol. The van der Waals surface area contributed by atoms with Crippen molar-refractivity contribution in [3.63, 3.8) is 0 Å². The highest BCUT2D eigenvalue weighted by atomic mass is 79.9. The first kappa shape index (κ1) is 11.8. The molecule has 0 N–H and O–H groups in total. The lowest BCUT2D eigenvalue weighted by molar-refractivity contribution is 0.911. The summed E-state index contributed by atoms with van der Waals surface area (Å²) in [6.45, 7) is 0. The van der Waals surface area contributed by atoms with Gasteiger partial charge >= 0.3 is 0 Å². The highest BCUT2D eigenvalue weighted by molar-refractivity contribution is 9.10. The SMILES string of the molecule is Brc1csc(CSc2ccc3c(c2)CCC3)c1. The molecule has 0 spiro atoms. The summed E-state index contributed by atoms with van der Waals surface area (Å²) in [4.78, 5) is 2.84. The molecule has 0 fully saturated rings. The second-order valence-electron chi connectivity index (χ2n) is 4.30. The minimum absolute atomic E-state index is 1.08. The maximum atomic E-state index is 3.50. The fourth-order valence-electron chi connectivity index (χ4n) is 2.22. The molecule has 3 heteroatoms. The van der Waals surface area contributed by atoms with Crippen LogP contribution in [-0.2, 0) is 18.6 Å². The summed E-state index contributed by atoms with van der Waals surface area (Å²) < 4.78 is 1.20. The molecule has 0 saturated heterocycles. The molecule has 88 valence electrons. The van der Waals surface area contributed by atoms with Gasteiger partial charge in [0.25, 0.3) is 0 Å². The summed E-state index contributed by atoms with van der Waals surface area (Å²) in [5, 5.41) is 2.15. The highest BCUT2D eigenvalue weighted by Crippen LogP contribution is 2.31. The van der Waals surface area contributed by atoms with Crippen molar-refractivity contribution in [1.82, 2.24) is 0 Å². The predicted octanol–water partition coefficient (Wildman–Crippen LogP) is 5.29. The number of rotatable bonds is 3. The zero-order valence-electron chi connectivity index (χ0n) is 9.41. The van der Waals surface area contributed by atoms with Gasteiger partial charge in [0, 0.05) is 25.4 Å². The van der Waals surface area contributed by atoms with E-state index in [1.54, 1.807) is 11.1 Å². The molecule has 1 aromatic carbocycles. The van der Waals surface area contributed by atoms with Gasteiger partial charge in [0.2, 0.25) is 0 Å². The van der Waals surface area contributed by atoms with Gasteiger partial charge in [0.05, 0.1) is 0 Å². The quantitative estimate of drug-likeness (QED) is 0.691. The standard InChI is InChI=1S/C14H13BrS2/c15-12-7-14(16-8-12)9-17-13-5-4-10-2-1-3-11(10)6-13/h4-8H,1-3,9H2. The van der Waals surface area contributed by atoms with E-state index < -0.39 is 0 Å². The summed E-state index contributed by atoms with van der Waals surface area (Å²) >= 11 is 7.27. The Hall–Kier alpha value is -0.250. The molecule has 3 rings (SSSR count). The van der Waals surface area contributed by atoms with Crippen molar-refractivity contribution < 1.29 is 0 Å². The Labute approximate surface area is 119 Å². The Bertz CT molecular complexity index is 531. The fourth-order valence-corrected chi connectivity index (χ4v) is 4.69. The molecule has 0 aliphatic heterocycles. The molecule has 1 aliphatic rings. The van der Waals surface area contributed by atoms with E-state index in [0.717, 1.165) is 5.75 Å². The molecule has 2 aromatic rings. The molecule has 0 unspecified atom stereocenters. The van der Waals surface area contributed by atoms with Crippen LogP contribution in [0.1, 0.15) is 22.4 Å². The van der Waals surface area contributed by atoms with Crippen LogP contribution >= 0.6 is 39.0 Å². The van der Waals surface area contributed by atoms with E-state index in [4.69, 9.17) is 0 Å². The van der Waals surface area contributed by atoms with E-state index in [9.17, 15) is 0 Å². The first-order valence-electron chi connectivity index (χ1n) is 5.79. The molecule has 0 atom stereocenters. The van der Waals surface area contributed by atoms with Gasteiger partial charge < -0.3 is 0 Å². The predicted molar refractivity (Wildman–Crippen MR) is 80.0 cm³/mol. The summed E-state index contributed by atoms with van der Waals surface area (Å²) in [5.41, 5.74) is 3.13. The van der Waals surface area contributed by atoms with Gasteiger partial charge in [-0.15, -0.1) is 23.1 Å². The third kappa shape index (κ3) is 2.78. The molecule has 1 aromatic heterocycles. The lowest BCUT2D eigenvalue weighted by Gasteiger charge is -2.03. The van der Waals surface area contributed by atoms with Crippen LogP contribution in [0.15, 0.2) is 39.0 Å². The zero-order valence-corrected chi connectivity index (χ0v) is 12.6. The van der Waals surface area contributed by atoms with Crippen LogP contribution in [0.3, 0.4) is 0 Å². The molecule has 0 amide bonds. The Balaban J connectivity index is 1.69. The van der Waals surface area contributed by atoms with E-state index in [-0.39, 0.29) is 0 Å². The normalized spacial score (nSPS) is 13.9. The number of thiophene rings is 1. The number of halogens is 1. The van der Waals surface area contributed by atoms with Crippen LogP contribution < -0.4 is 0 Å². The summed E-state index contributed by atoms with van der Waals surface area (Å²) in [7, 11) is 0. The molecule has 0 saturated carbocycles. The van der Waals surface area contributed by atoms with Crippen molar-refractivity contribution in [2.24, 2.45) is 0 Å². The number of aryl methyl sites for hydroxylation is 2. The Morgan fingerprint density at radius 2 is 2.06 bits per heavy atom. The van der Waals surface area contributed by atoms with Gasteiger partial charge in [0.1, 0.15) is 0 Å². The maximum Gasteiger partial charge on any atom is 0.0326 e. The van der Waals surface area contributed by atoms with Crippen LogP contribution in [0.4, 0.5) is 0 Å². The topological polar surface area (TPSA) is 0 Å². The third-order valence-electron chi connectivity index (χ3n) is 3.07. The van der Waals surface area contributed by atoms with Gasteiger partial charge in [-0.25, -0.2) is 0 Å². The summed E-state index contributed by atoms with van der Waals surface area (Å²) in [5.74, 6) is 1.08. The van der Waals surface area contributed by atoms with Gasteiger partial charge in [-0.05, 0) is 64.5 Å². The van der Waals surface area contributed by atoms with E-state index in [0.29, 0.717) is 0 Å². The van der Waals surface area contributed by atoms with E-state index in [1.807, 2.05) is 23.1 Å². The fraction of sp³-hybridized carbons (Fsp3) is 0.286. The first-order chi connectivity index (χ1) is 8.31. The smallest absolute Gasteiger partial charge is 0.0326 e. The Kier molecular flexibility index (Phi) is 3.59. The van der Waals surface area contributed by atoms with E-state index in [2.05, 4.69) is 45.6 Å². The van der Waals surface area contributed by atoms with Crippen LogP contribution in [-0.4, -0.2) is 0 Å². The average Bonchev–Trinajstić information content (AvgIpc) is 2.94. The van der Waals surface area contributed by atoms with Crippen LogP contribution in [0, 0.1) is 0 Å². The van der Waals surface area contributed by atoms with Crippen LogP contribution in [0.5, 0.6) is 0 Å². The van der Waals surface area contributed by atoms with Crippen molar-refractivity contribution in [1.29, 1.82) is 0 Å². The third-order valence-corrected chi connectivity index (χ3v) is 6.00. The maximum absolute atomic E-state index is 3.50. The minimum Gasteiger partial charge on any atom is -0.147 e. The highest BCUT2D eigenvalue weighted by Gasteiger charge is 2.10. The Morgan fingerprint density at radius 1 is 1.18 bits per heavy atom. The largest absolute Gasteiger partial charge is 0.147 e. The number of benzene rings is 1. The van der Waals surface area contributed by atoms with Crippen molar-refractivity contribution >= 4 is 39.0 Å². The number of fused-ring (bicyclic) bond motifs is 1. The van der Waals surface area contributed by atoms with Gasteiger partial charge in [-0.2, -0.15) is 0 Å². The van der Waals surface area contributed by atoms with Crippen LogP contribution in [0.2, 0.25) is 0 Å². The number of hydrogen-bond acceptors (Lipinski definition) is 2. The molecular weight excluding hydrogens is 312 g/mol. The molecule has 0 bridgehead atoms. The monoisotopic (exact) mass is 324 g/mol. The molecular formula is C14H13BrS2. The van der Waals surface area contributed by atoms with Crippen molar-refractivity contribution in [3.8, 4) is 0 Å². The van der Waals surface area contributed by atoms with Gasteiger partial charge in [0.15, 0.2) is 0 Å². The second kappa shape index (κ2) is 5.17. The molecule has 1 heterocycles. The van der Waals surface area contributed by atoms with E-state index in [1.165, 1.54) is 33.5 Å². The number of thioether (sulfide) groups is 1. The zero-order chi connectivity index (χ0) is 11.7. The lowest BCUT2D eigenvalue weighted by atomic mass is 10.1. The summed E-state index contributed by atoms with van der Waals surface area (Å²) in [6.07, 6.45) is 3.88. The van der Waals surface area contributed by atoms with Crippen LogP contribution in [0.25, 0.3) is 0 Å². The summed E-state index contributed by atoms with van der Waals surface area (Å²) in [6, 6.07) is 9.19. The molecule has 1 aliphatic carbocycles. The van der Waals surface area contributed by atoms with Crippen molar-refractivity contribution in [3.05, 3.63) is 50.1 Å². The lowest BCUT2D eigenvalue weighted by Crippen LogP contribution is -1.83. The van der Waals surface area contributed by atoms with Gasteiger partial charge in [-0.1, -0.05) is 6.07 Å². The first-order valence-corrected chi connectivity index (χ1v) is 8.44. The van der Waals surface area contributed by atoms with Crippen molar-refractivity contribution in [2.75, 3.05) is 0 Å². The molecule has 0 radical (unpaired) electrons. The number of hydrogen-bond donors (Lipinski definition) is 0. The van der Waals surface area contributed by atoms with Crippen molar-refractivity contribution in [2.45, 2.75) is 29.9 Å². The molecule has 0 nitrogen and oxygen atoms in total. The van der Waals surface area contributed by atoms with E-state index >= 15 is 0 Å². The second-order valence-corrected chi connectivity index (χ2v) is 7.26.